The van der Waals surface area contributed by atoms with Crippen LogP contribution in [-0.4, -0.2) is 0 Å². The Balaban J connectivity index is 2.14. The molecule has 0 spiro atoms. The minimum atomic E-state index is 0.410. The molecule has 0 aromatic heterocycles. The van der Waals surface area contributed by atoms with E-state index in [1.54, 1.807) is 16.7 Å². The van der Waals surface area contributed by atoms with E-state index in [1.807, 2.05) is 0 Å². The first-order chi connectivity index (χ1) is 7.72. The normalized spacial score (nSPS) is 32.6. The van der Waals surface area contributed by atoms with E-state index in [0.717, 1.165) is 5.92 Å². The topological polar surface area (TPSA) is 0 Å². The maximum atomic E-state index is 2.48. The second-order valence-corrected chi connectivity index (χ2v) is 5.65. The van der Waals surface area contributed by atoms with E-state index in [-0.39, 0.29) is 0 Å². The van der Waals surface area contributed by atoms with Crippen LogP contribution in [0.2, 0.25) is 0 Å². The fourth-order valence-corrected chi connectivity index (χ4v) is 3.88. The lowest BCUT2D eigenvalue weighted by molar-refractivity contribution is 0.262. The summed E-state index contributed by atoms with van der Waals surface area (Å²) in [4.78, 5) is 0. The number of allylic oxidation sites excluding steroid dienone is 2. The molecular formula is C16H20. The molecule has 0 radical (unpaired) electrons. The zero-order valence-electron chi connectivity index (χ0n) is 10.3. The third-order valence-electron chi connectivity index (χ3n) is 4.78. The van der Waals surface area contributed by atoms with Crippen molar-refractivity contribution >= 4 is 0 Å². The lowest BCUT2D eigenvalue weighted by atomic mass is 9.58. The largest absolute Gasteiger partial charge is 0.0853 e. The molecule has 0 fully saturated rings. The summed E-state index contributed by atoms with van der Waals surface area (Å²) in [6.45, 7) is 4.81. The minimum absolute atomic E-state index is 0.410. The molecule has 0 heteroatoms. The molecule has 0 nitrogen and oxygen atoms in total. The van der Waals surface area contributed by atoms with Gasteiger partial charge in [0.15, 0.2) is 0 Å². The maximum absolute atomic E-state index is 2.48. The average molecular weight is 212 g/mol. The van der Waals surface area contributed by atoms with Gasteiger partial charge in [0, 0.05) is 0 Å². The van der Waals surface area contributed by atoms with Gasteiger partial charge in [0.1, 0.15) is 0 Å². The van der Waals surface area contributed by atoms with Gasteiger partial charge in [-0.05, 0) is 55.1 Å². The van der Waals surface area contributed by atoms with Gasteiger partial charge in [-0.3, -0.25) is 0 Å². The highest BCUT2D eigenvalue weighted by Crippen LogP contribution is 2.49. The second-order valence-electron chi connectivity index (χ2n) is 5.65. The Morgan fingerprint density at radius 1 is 1.25 bits per heavy atom. The fraction of sp³-hybridized carbons (Fsp3) is 0.500. The summed E-state index contributed by atoms with van der Waals surface area (Å²) in [5.74, 6) is 0.788. The van der Waals surface area contributed by atoms with Crippen LogP contribution < -0.4 is 0 Å². The molecule has 1 aromatic carbocycles. The van der Waals surface area contributed by atoms with Gasteiger partial charge in [0.2, 0.25) is 0 Å². The Morgan fingerprint density at radius 2 is 2.06 bits per heavy atom. The van der Waals surface area contributed by atoms with Gasteiger partial charge >= 0.3 is 0 Å². The summed E-state index contributed by atoms with van der Waals surface area (Å²) in [6.07, 6.45) is 7.65. The molecule has 0 amide bonds. The van der Waals surface area contributed by atoms with Crippen LogP contribution in [0, 0.1) is 5.92 Å². The summed E-state index contributed by atoms with van der Waals surface area (Å²) in [7, 11) is 0. The first-order valence-corrected chi connectivity index (χ1v) is 6.47. The van der Waals surface area contributed by atoms with E-state index >= 15 is 0 Å². The lowest BCUT2D eigenvalue weighted by Crippen LogP contribution is -2.39. The molecule has 0 N–H and O–H groups in total. The molecule has 2 atom stereocenters. The van der Waals surface area contributed by atoms with Crippen molar-refractivity contribution < 1.29 is 0 Å². The molecule has 16 heavy (non-hydrogen) atoms. The summed E-state index contributed by atoms with van der Waals surface area (Å²) in [5.41, 5.74) is 5.26. The summed E-state index contributed by atoms with van der Waals surface area (Å²) in [6, 6.07) is 9.08. The monoisotopic (exact) mass is 212 g/mol. The Bertz CT molecular complexity index is 441. The number of hydrogen-bond donors (Lipinski definition) is 0. The Kier molecular flexibility index (Phi) is 2.20. The van der Waals surface area contributed by atoms with Gasteiger partial charge in [0.05, 0.1) is 0 Å². The number of hydrogen-bond acceptors (Lipinski definition) is 0. The summed E-state index contributed by atoms with van der Waals surface area (Å²) in [5, 5.41) is 0. The summed E-state index contributed by atoms with van der Waals surface area (Å²) >= 11 is 0. The van der Waals surface area contributed by atoms with Gasteiger partial charge in [-0.25, -0.2) is 0 Å². The van der Waals surface area contributed by atoms with E-state index in [0.29, 0.717) is 5.41 Å². The lowest BCUT2D eigenvalue weighted by Gasteiger charge is -2.46. The second kappa shape index (κ2) is 3.48. The summed E-state index contributed by atoms with van der Waals surface area (Å²) < 4.78 is 0. The Morgan fingerprint density at radius 3 is 2.94 bits per heavy atom. The number of benzene rings is 1. The van der Waals surface area contributed by atoms with Crippen molar-refractivity contribution in [1.29, 1.82) is 0 Å². The minimum Gasteiger partial charge on any atom is -0.0853 e. The van der Waals surface area contributed by atoms with Crippen molar-refractivity contribution in [2.24, 2.45) is 5.92 Å². The molecule has 2 aliphatic rings. The van der Waals surface area contributed by atoms with Crippen LogP contribution in [0.25, 0.3) is 0 Å². The third-order valence-corrected chi connectivity index (χ3v) is 4.78. The highest BCUT2D eigenvalue weighted by Gasteiger charge is 2.41. The molecule has 0 saturated heterocycles. The fourth-order valence-electron chi connectivity index (χ4n) is 3.88. The van der Waals surface area contributed by atoms with Gasteiger partial charge in [-0.15, -0.1) is 0 Å². The molecule has 0 heterocycles. The highest BCUT2D eigenvalue weighted by molar-refractivity contribution is 5.40. The Hall–Kier alpha value is -1.04. The van der Waals surface area contributed by atoms with Crippen molar-refractivity contribution in [3.63, 3.8) is 0 Å². The number of aryl methyl sites for hydroxylation is 1. The smallest absolute Gasteiger partial charge is 0.000423 e. The first kappa shape index (κ1) is 10.1. The van der Waals surface area contributed by atoms with Gasteiger partial charge in [-0.1, -0.05) is 42.8 Å². The molecule has 2 aliphatic carbocycles. The number of fused-ring (bicyclic) bond motifs is 3. The van der Waals surface area contributed by atoms with Crippen molar-refractivity contribution in [2.75, 3.05) is 0 Å². The van der Waals surface area contributed by atoms with Crippen LogP contribution >= 0.6 is 0 Å². The molecular weight excluding hydrogens is 192 g/mol. The molecule has 3 rings (SSSR count). The molecule has 1 aromatic rings. The third kappa shape index (κ3) is 1.29. The molecule has 0 saturated carbocycles. The van der Waals surface area contributed by atoms with Gasteiger partial charge in [-0.2, -0.15) is 0 Å². The van der Waals surface area contributed by atoms with Crippen LogP contribution in [0.5, 0.6) is 0 Å². The Labute approximate surface area is 98.4 Å². The molecule has 0 bridgehead atoms. The maximum Gasteiger partial charge on any atom is -0.000423 e. The van der Waals surface area contributed by atoms with Crippen LogP contribution in [-0.2, 0) is 11.8 Å². The van der Waals surface area contributed by atoms with Gasteiger partial charge in [0.25, 0.3) is 0 Å². The molecule has 0 unspecified atom stereocenters. The molecule has 84 valence electrons. The molecule has 0 aliphatic heterocycles. The van der Waals surface area contributed by atoms with Crippen molar-refractivity contribution in [3.05, 3.63) is 47.0 Å². The van der Waals surface area contributed by atoms with E-state index < -0.39 is 0 Å². The van der Waals surface area contributed by atoms with Crippen molar-refractivity contribution in [3.8, 4) is 0 Å². The predicted octanol–water partition coefficient (Wildman–Crippen LogP) is 4.25. The van der Waals surface area contributed by atoms with Gasteiger partial charge < -0.3 is 0 Å². The predicted molar refractivity (Wildman–Crippen MR) is 68.6 cm³/mol. The van der Waals surface area contributed by atoms with Crippen LogP contribution in [0.1, 0.15) is 44.2 Å². The van der Waals surface area contributed by atoms with E-state index in [2.05, 4.69) is 44.2 Å². The van der Waals surface area contributed by atoms with Crippen molar-refractivity contribution in [2.45, 2.75) is 44.9 Å². The number of rotatable bonds is 0. The van der Waals surface area contributed by atoms with E-state index in [9.17, 15) is 0 Å². The van der Waals surface area contributed by atoms with E-state index in [4.69, 9.17) is 0 Å². The quantitative estimate of drug-likeness (QED) is 0.564. The first-order valence-electron chi connectivity index (χ1n) is 6.47. The van der Waals surface area contributed by atoms with Crippen molar-refractivity contribution in [1.82, 2.24) is 0 Å². The van der Waals surface area contributed by atoms with Crippen LogP contribution in [0.4, 0.5) is 0 Å². The zero-order valence-corrected chi connectivity index (χ0v) is 10.3. The van der Waals surface area contributed by atoms with E-state index in [1.165, 1.54) is 25.7 Å². The van der Waals surface area contributed by atoms with Crippen LogP contribution in [0.15, 0.2) is 35.9 Å². The van der Waals surface area contributed by atoms with Crippen LogP contribution in [0.3, 0.4) is 0 Å². The highest BCUT2D eigenvalue weighted by atomic mass is 14.5. The average Bonchev–Trinajstić information content (AvgIpc) is 2.29. The standard InChI is InChI=1S/C16H20/c1-12-6-5-11-16(2)14(12)10-9-13-7-3-4-8-15(13)16/h3-4,6-8,14H,5,9-11H2,1-2H3/t14-,16-/m0/s1. The zero-order chi connectivity index (χ0) is 11.2. The SMILES string of the molecule is CC1=CCC[C@]2(C)c3ccccc3CC[C@@H]12.